The summed E-state index contributed by atoms with van der Waals surface area (Å²) in [6.45, 7) is 0. The maximum Gasteiger partial charge on any atom is 0.119 e. The molecule has 3 nitrogen and oxygen atoms in total. The number of rotatable bonds is 3. The summed E-state index contributed by atoms with van der Waals surface area (Å²) >= 11 is 0. The van der Waals surface area contributed by atoms with Crippen LogP contribution in [0.4, 0.5) is 0 Å². The van der Waals surface area contributed by atoms with Gasteiger partial charge >= 0.3 is 0 Å². The summed E-state index contributed by atoms with van der Waals surface area (Å²) in [6.07, 6.45) is 0. The zero-order valence-corrected chi connectivity index (χ0v) is 13.3. The molecule has 0 radical (unpaired) electrons. The lowest BCUT2D eigenvalue weighted by atomic mass is 9.98. The van der Waals surface area contributed by atoms with Gasteiger partial charge in [0.1, 0.15) is 11.5 Å². The van der Waals surface area contributed by atoms with Crippen LogP contribution in [-0.2, 0) is 0 Å². The van der Waals surface area contributed by atoms with E-state index in [1.165, 1.54) is 0 Å². The Morgan fingerprint density at radius 3 is 2.29 bits per heavy atom. The van der Waals surface area contributed by atoms with Gasteiger partial charge in [-0.3, -0.25) is 0 Å². The van der Waals surface area contributed by atoms with Gasteiger partial charge < -0.3 is 14.8 Å². The fourth-order valence-electron chi connectivity index (χ4n) is 3.05. The molecule has 0 saturated heterocycles. The molecule has 1 aromatic heterocycles. The molecule has 0 saturated carbocycles. The zero-order valence-electron chi connectivity index (χ0n) is 13.3. The summed E-state index contributed by atoms with van der Waals surface area (Å²) in [5.41, 5.74) is 5.39. The van der Waals surface area contributed by atoms with E-state index in [9.17, 15) is 5.11 Å². The van der Waals surface area contributed by atoms with Crippen LogP contribution in [0.5, 0.6) is 11.5 Å². The van der Waals surface area contributed by atoms with Crippen molar-refractivity contribution in [3.8, 4) is 33.9 Å². The molecule has 118 valence electrons. The second-order valence-electron chi connectivity index (χ2n) is 5.70. The first-order valence-electron chi connectivity index (χ1n) is 7.81. The van der Waals surface area contributed by atoms with E-state index in [0.717, 1.165) is 39.0 Å². The van der Waals surface area contributed by atoms with Crippen LogP contribution in [0.3, 0.4) is 0 Å². The number of benzene rings is 3. The van der Waals surface area contributed by atoms with E-state index < -0.39 is 0 Å². The first-order valence-corrected chi connectivity index (χ1v) is 7.81. The number of aromatic amines is 1. The predicted octanol–water partition coefficient (Wildman–Crippen LogP) is 5.22. The van der Waals surface area contributed by atoms with Crippen molar-refractivity contribution in [1.82, 2.24) is 4.98 Å². The van der Waals surface area contributed by atoms with Gasteiger partial charge in [0.05, 0.1) is 12.8 Å². The van der Waals surface area contributed by atoms with Crippen molar-refractivity contribution in [2.75, 3.05) is 7.11 Å². The van der Waals surface area contributed by atoms with E-state index in [1.54, 1.807) is 19.2 Å². The molecule has 0 unspecified atom stereocenters. The molecule has 0 aliphatic carbocycles. The molecule has 1 heterocycles. The molecular formula is C21H17NO2. The number of aromatic nitrogens is 1. The Bertz CT molecular complexity index is 986. The van der Waals surface area contributed by atoms with Crippen LogP contribution in [0.1, 0.15) is 0 Å². The highest BCUT2D eigenvalue weighted by Gasteiger charge is 2.15. The molecular weight excluding hydrogens is 298 g/mol. The Labute approximate surface area is 140 Å². The molecule has 0 aliphatic heterocycles. The maximum atomic E-state index is 9.61. The van der Waals surface area contributed by atoms with E-state index >= 15 is 0 Å². The molecule has 0 atom stereocenters. The highest BCUT2D eigenvalue weighted by Crippen LogP contribution is 2.39. The van der Waals surface area contributed by atoms with Crippen molar-refractivity contribution in [2.24, 2.45) is 0 Å². The third-order valence-electron chi connectivity index (χ3n) is 4.22. The molecule has 0 bridgehead atoms. The average Bonchev–Trinajstić information content (AvgIpc) is 3.01. The van der Waals surface area contributed by atoms with E-state index in [-0.39, 0.29) is 5.75 Å². The van der Waals surface area contributed by atoms with E-state index in [4.69, 9.17) is 4.74 Å². The lowest BCUT2D eigenvalue weighted by Gasteiger charge is -2.06. The molecule has 0 fully saturated rings. The van der Waals surface area contributed by atoms with Crippen LogP contribution in [0.25, 0.3) is 33.3 Å². The second kappa shape index (κ2) is 5.78. The molecule has 0 amide bonds. The van der Waals surface area contributed by atoms with Crippen molar-refractivity contribution < 1.29 is 9.84 Å². The zero-order chi connectivity index (χ0) is 16.5. The summed E-state index contributed by atoms with van der Waals surface area (Å²) in [4.78, 5) is 3.53. The summed E-state index contributed by atoms with van der Waals surface area (Å²) in [7, 11) is 1.67. The predicted molar refractivity (Wildman–Crippen MR) is 97.4 cm³/mol. The van der Waals surface area contributed by atoms with Gasteiger partial charge in [-0.15, -0.1) is 0 Å². The fraction of sp³-hybridized carbons (Fsp3) is 0.0476. The Kier molecular flexibility index (Phi) is 3.47. The lowest BCUT2D eigenvalue weighted by molar-refractivity contribution is 0.415. The van der Waals surface area contributed by atoms with E-state index in [1.807, 2.05) is 48.5 Å². The molecule has 2 N–H and O–H groups in total. The topological polar surface area (TPSA) is 45.2 Å². The molecule has 4 aromatic rings. The van der Waals surface area contributed by atoms with Gasteiger partial charge in [0, 0.05) is 16.5 Å². The van der Waals surface area contributed by atoms with Crippen molar-refractivity contribution in [3.05, 3.63) is 72.8 Å². The normalized spacial score (nSPS) is 10.9. The van der Waals surface area contributed by atoms with Crippen LogP contribution < -0.4 is 4.74 Å². The van der Waals surface area contributed by atoms with Crippen LogP contribution in [-0.4, -0.2) is 17.2 Å². The number of H-pyrrole nitrogens is 1. The number of aromatic hydroxyl groups is 1. The van der Waals surface area contributed by atoms with Crippen LogP contribution in [0.15, 0.2) is 72.8 Å². The first-order chi connectivity index (χ1) is 11.8. The first kappa shape index (κ1) is 14.4. The van der Waals surface area contributed by atoms with Gasteiger partial charge in [-0.1, -0.05) is 42.5 Å². The number of phenols is 1. The molecule has 4 rings (SSSR count). The summed E-state index contributed by atoms with van der Waals surface area (Å²) in [6, 6.07) is 23.6. The minimum atomic E-state index is 0.262. The number of hydrogen-bond acceptors (Lipinski definition) is 2. The van der Waals surface area contributed by atoms with Gasteiger partial charge in [0.15, 0.2) is 0 Å². The molecule has 0 spiro atoms. The second-order valence-corrected chi connectivity index (χ2v) is 5.70. The molecule has 3 heteroatoms. The average molecular weight is 315 g/mol. The maximum absolute atomic E-state index is 9.61. The molecule has 0 aliphatic rings. The number of fused-ring (bicyclic) bond motifs is 1. The van der Waals surface area contributed by atoms with Gasteiger partial charge in [-0.25, -0.2) is 0 Å². The largest absolute Gasteiger partial charge is 0.508 e. The summed E-state index contributed by atoms with van der Waals surface area (Å²) in [5.74, 6) is 1.08. The Morgan fingerprint density at radius 2 is 1.58 bits per heavy atom. The van der Waals surface area contributed by atoms with E-state index in [2.05, 4.69) is 17.1 Å². The Balaban J connectivity index is 2.04. The molecule has 3 aromatic carbocycles. The SMILES string of the molecule is COc1ccc2[nH]c(-c3ccccc3)c(-c3ccc(O)cc3)c2c1. The smallest absolute Gasteiger partial charge is 0.119 e. The Hall–Kier alpha value is -3.20. The third kappa shape index (κ3) is 2.40. The minimum Gasteiger partial charge on any atom is -0.508 e. The number of phenolic OH excluding ortho intramolecular Hbond substituents is 1. The van der Waals surface area contributed by atoms with Gasteiger partial charge in [0.25, 0.3) is 0 Å². The van der Waals surface area contributed by atoms with Crippen molar-refractivity contribution in [2.45, 2.75) is 0 Å². The minimum absolute atomic E-state index is 0.262. The van der Waals surface area contributed by atoms with E-state index in [0.29, 0.717) is 0 Å². The Morgan fingerprint density at radius 1 is 0.833 bits per heavy atom. The summed E-state index contributed by atoms with van der Waals surface area (Å²) < 4.78 is 5.39. The highest BCUT2D eigenvalue weighted by molar-refractivity contribution is 6.04. The van der Waals surface area contributed by atoms with Crippen molar-refractivity contribution in [1.29, 1.82) is 0 Å². The van der Waals surface area contributed by atoms with Crippen LogP contribution >= 0.6 is 0 Å². The number of methoxy groups -OCH3 is 1. The highest BCUT2D eigenvalue weighted by atomic mass is 16.5. The quantitative estimate of drug-likeness (QED) is 0.544. The standard InChI is InChI=1S/C21H17NO2/c1-24-17-11-12-19-18(13-17)20(14-7-9-16(23)10-8-14)21(22-19)15-5-3-2-4-6-15/h2-13,22-23H,1H3. The third-order valence-corrected chi connectivity index (χ3v) is 4.22. The molecule has 24 heavy (non-hydrogen) atoms. The fourth-order valence-corrected chi connectivity index (χ4v) is 3.05. The van der Waals surface area contributed by atoms with Crippen molar-refractivity contribution in [3.63, 3.8) is 0 Å². The number of hydrogen-bond donors (Lipinski definition) is 2. The number of ether oxygens (including phenoxy) is 1. The monoisotopic (exact) mass is 315 g/mol. The van der Waals surface area contributed by atoms with Crippen molar-refractivity contribution >= 4 is 10.9 Å². The lowest BCUT2D eigenvalue weighted by Crippen LogP contribution is -1.83. The van der Waals surface area contributed by atoms with Crippen LogP contribution in [0, 0.1) is 0 Å². The van der Waals surface area contributed by atoms with Gasteiger partial charge in [0.2, 0.25) is 0 Å². The number of nitrogens with one attached hydrogen (secondary N) is 1. The van der Waals surface area contributed by atoms with Gasteiger partial charge in [-0.05, 0) is 41.5 Å². The summed E-state index contributed by atoms with van der Waals surface area (Å²) in [5, 5.41) is 10.7. The van der Waals surface area contributed by atoms with Crippen LogP contribution in [0.2, 0.25) is 0 Å². The van der Waals surface area contributed by atoms with Gasteiger partial charge in [-0.2, -0.15) is 0 Å².